The molecule has 0 saturated carbocycles. The van der Waals surface area contributed by atoms with Crippen LogP contribution in [0.1, 0.15) is 37.5 Å². The van der Waals surface area contributed by atoms with Crippen LogP contribution in [0.3, 0.4) is 0 Å². The minimum Gasteiger partial charge on any atom is -0.494 e. The zero-order valence-corrected chi connectivity index (χ0v) is 27.7. The van der Waals surface area contributed by atoms with E-state index in [2.05, 4.69) is 5.32 Å². The number of sulfonamides is 1. The number of nitrogens with zero attached hydrogens (tertiary/aromatic N) is 2. The summed E-state index contributed by atoms with van der Waals surface area (Å²) in [6, 6.07) is 31.1. The van der Waals surface area contributed by atoms with E-state index in [1.165, 1.54) is 17.0 Å². The maximum atomic E-state index is 14.5. The van der Waals surface area contributed by atoms with E-state index >= 15 is 0 Å². The number of rotatable bonds is 15. The molecule has 4 aromatic carbocycles. The van der Waals surface area contributed by atoms with E-state index in [-0.39, 0.29) is 29.7 Å². The highest BCUT2D eigenvalue weighted by atomic mass is 32.2. The Bertz CT molecular complexity index is 1660. The van der Waals surface area contributed by atoms with Crippen LogP contribution in [0.15, 0.2) is 114 Å². The van der Waals surface area contributed by atoms with Crippen molar-refractivity contribution in [3.8, 4) is 5.75 Å². The summed E-state index contributed by atoms with van der Waals surface area (Å²) in [6.07, 6.45) is 0.263. The summed E-state index contributed by atoms with van der Waals surface area (Å²) in [5.74, 6) is -0.0437. The van der Waals surface area contributed by atoms with Crippen LogP contribution in [0.5, 0.6) is 5.75 Å². The highest BCUT2D eigenvalue weighted by Gasteiger charge is 2.34. The van der Waals surface area contributed by atoms with Crippen LogP contribution in [0.4, 0.5) is 5.69 Å². The van der Waals surface area contributed by atoms with E-state index in [0.29, 0.717) is 24.6 Å². The Hall–Kier alpha value is -4.63. The molecule has 0 aliphatic carbocycles. The molecule has 0 radical (unpaired) electrons. The van der Waals surface area contributed by atoms with Gasteiger partial charge in [-0.05, 0) is 67.3 Å². The fourth-order valence-electron chi connectivity index (χ4n) is 4.99. The normalized spacial score (nSPS) is 11.9. The van der Waals surface area contributed by atoms with Crippen molar-refractivity contribution in [3.63, 3.8) is 0 Å². The molecule has 0 aromatic heterocycles. The summed E-state index contributed by atoms with van der Waals surface area (Å²) in [6.45, 7) is 8.35. The van der Waals surface area contributed by atoms with Gasteiger partial charge in [0.15, 0.2) is 0 Å². The van der Waals surface area contributed by atoms with Gasteiger partial charge in [-0.3, -0.25) is 13.9 Å². The lowest BCUT2D eigenvalue weighted by molar-refractivity contribution is -0.140. The van der Waals surface area contributed by atoms with E-state index in [1.807, 2.05) is 82.3 Å². The minimum absolute atomic E-state index is 0.0215. The molecule has 0 spiro atoms. The Kier molecular flexibility index (Phi) is 12.0. The molecule has 4 rings (SSSR count). The van der Waals surface area contributed by atoms with Crippen LogP contribution in [-0.4, -0.2) is 50.9 Å². The van der Waals surface area contributed by atoms with E-state index in [9.17, 15) is 18.0 Å². The van der Waals surface area contributed by atoms with E-state index < -0.39 is 28.5 Å². The average molecular weight is 642 g/mol. The van der Waals surface area contributed by atoms with Crippen molar-refractivity contribution >= 4 is 27.5 Å². The first kappa shape index (κ1) is 34.2. The first-order chi connectivity index (χ1) is 22.1. The molecular weight excluding hydrogens is 598 g/mol. The average Bonchev–Trinajstić information content (AvgIpc) is 3.06. The number of hydrogen-bond acceptors (Lipinski definition) is 5. The molecule has 8 nitrogen and oxygen atoms in total. The molecule has 0 bridgehead atoms. The molecule has 0 aliphatic rings. The third-order valence-electron chi connectivity index (χ3n) is 7.47. The fraction of sp³-hybridized carbons (Fsp3) is 0.297. The smallest absolute Gasteiger partial charge is 0.264 e. The summed E-state index contributed by atoms with van der Waals surface area (Å²) in [7, 11) is -4.19. The standard InChI is InChI=1S/C37H43N3O5S/c1-5-45-33-20-22-34(23-21-33)46(43,44)40(32-14-10-7-11-15-32)27-36(41)39(26-31-18-16-29(4)17-19-31)35(37(42)38-25-28(2)3)24-30-12-8-6-9-13-30/h6-23,28,35H,5,24-27H2,1-4H3,(H,38,42)/t35-/m0/s1. The molecule has 0 saturated heterocycles. The molecule has 1 N–H and O–H groups in total. The molecule has 242 valence electrons. The molecule has 0 heterocycles. The number of anilines is 1. The molecule has 0 unspecified atom stereocenters. The van der Waals surface area contributed by atoms with Gasteiger partial charge in [-0.25, -0.2) is 8.42 Å². The van der Waals surface area contributed by atoms with Crippen LogP contribution in [-0.2, 0) is 32.6 Å². The summed E-state index contributed by atoms with van der Waals surface area (Å²) >= 11 is 0. The summed E-state index contributed by atoms with van der Waals surface area (Å²) in [4.78, 5) is 29.9. The molecule has 1 atom stereocenters. The zero-order valence-electron chi connectivity index (χ0n) is 26.9. The molecule has 0 fully saturated rings. The number of benzene rings is 4. The van der Waals surface area contributed by atoms with Crippen molar-refractivity contribution in [2.24, 2.45) is 5.92 Å². The second-order valence-electron chi connectivity index (χ2n) is 11.6. The van der Waals surface area contributed by atoms with Gasteiger partial charge in [0, 0.05) is 19.5 Å². The predicted octanol–water partition coefficient (Wildman–Crippen LogP) is 6.00. The number of carbonyl (C=O) groups is 2. The number of ether oxygens (including phenoxy) is 1. The van der Waals surface area contributed by atoms with Gasteiger partial charge < -0.3 is 15.0 Å². The van der Waals surface area contributed by atoms with Gasteiger partial charge in [-0.2, -0.15) is 0 Å². The second-order valence-corrected chi connectivity index (χ2v) is 13.5. The lowest BCUT2D eigenvalue weighted by Gasteiger charge is -2.34. The fourth-order valence-corrected chi connectivity index (χ4v) is 6.41. The van der Waals surface area contributed by atoms with Crippen LogP contribution in [0.2, 0.25) is 0 Å². The SMILES string of the molecule is CCOc1ccc(S(=O)(=O)N(CC(=O)N(Cc2ccc(C)cc2)[C@@H](Cc2ccccc2)C(=O)NCC(C)C)c2ccccc2)cc1. The van der Waals surface area contributed by atoms with Crippen LogP contribution in [0, 0.1) is 12.8 Å². The molecular formula is C37H43N3O5S. The van der Waals surface area contributed by atoms with Crippen molar-refractivity contribution in [1.82, 2.24) is 10.2 Å². The van der Waals surface area contributed by atoms with E-state index in [4.69, 9.17) is 4.74 Å². The Morgan fingerprint density at radius 1 is 0.804 bits per heavy atom. The number of aryl methyl sites for hydroxylation is 1. The second kappa shape index (κ2) is 16.1. The van der Waals surface area contributed by atoms with Gasteiger partial charge in [0.1, 0.15) is 18.3 Å². The van der Waals surface area contributed by atoms with Gasteiger partial charge in [0.05, 0.1) is 17.2 Å². The maximum Gasteiger partial charge on any atom is 0.264 e. The maximum absolute atomic E-state index is 14.5. The largest absolute Gasteiger partial charge is 0.494 e. The lowest BCUT2D eigenvalue weighted by Crippen LogP contribution is -2.53. The monoisotopic (exact) mass is 641 g/mol. The van der Waals surface area contributed by atoms with Crippen molar-refractivity contribution in [3.05, 3.63) is 126 Å². The van der Waals surface area contributed by atoms with Crippen molar-refractivity contribution in [2.75, 3.05) is 24.0 Å². The predicted molar refractivity (Wildman–Crippen MR) is 182 cm³/mol. The van der Waals surface area contributed by atoms with Crippen molar-refractivity contribution < 1.29 is 22.7 Å². The van der Waals surface area contributed by atoms with E-state index in [1.54, 1.807) is 42.5 Å². The Morgan fingerprint density at radius 3 is 2.00 bits per heavy atom. The number of amides is 2. The molecule has 4 aromatic rings. The quantitative estimate of drug-likeness (QED) is 0.172. The lowest BCUT2D eigenvalue weighted by atomic mass is 10.0. The third kappa shape index (κ3) is 9.20. The summed E-state index contributed by atoms with van der Waals surface area (Å²) < 4.78 is 34.9. The minimum atomic E-state index is -4.19. The highest BCUT2D eigenvalue weighted by Crippen LogP contribution is 2.26. The van der Waals surface area contributed by atoms with Crippen LogP contribution in [0.25, 0.3) is 0 Å². The Balaban J connectivity index is 1.76. The number of carbonyl (C=O) groups excluding carboxylic acids is 2. The Labute approximate surface area is 273 Å². The van der Waals surface area contributed by atoms with Gasteiger partial charge in [-0.15, -0.1) is 0 Å². The number of nitrogens with one attached hydrogen (secondary N) is 1. The third-order valence-corrected chi connectivity index (χ3v) is 9.26. The molecule has 2 amide bonds. The molecule has 9 heteroatoms. The van der Waals surface area contributed by atoms with Gasteiger partial charge in [0.2, 0.25) is 11.8 Å². The molecule has 0 aliphatic heterocycles. The van der Waals surface area contributed by atoms with Gasteiger partial charge in [0.25, 0.3) is 10.0 Å². The van der Waals surface area contributed by atoms with E-state index in [0.717, 1.165) is 21.0 Å². The first-order valence-electron chi connectivity index (χ1n) is 15.6. The van der Waals surface area contributed by atoms with Gasteiger partial charge in [-0.1, -0.05) is 92.2 Å². The zero-order chi connectivity index (χ0) is 33.1. The summed E-state index contributed by atoms with van der Waals surface area (Å²) in [5.41, 5.74) is 3.11. The Morgan fingerprint density at radius 2 is 1.41 bits per heavy atom. The summed E-state index contributed by atoms with van der Waals surface area (Å²) in [5, 5.41) is 3.01. The number of para-hydroxylation sites is 1. The highest BCUT2D eigenvalue weighted by molar-refractivity contribution is 7.92. The number of hydrogen-bond donors (Lipinski definition) is 1. The van der Waals surface area contributed by atoms with Crippen LogP contribution < -0.4 is 14.4 Å². The van der Waals surface area contributed by atoms with Crippen LogP contribution >= 0.6 is 0 Å². The molecule has 46 heavy (non-hydrogen) atoms. The van der Waals surface area contributed by atoms with Crippen molar-refractivity contribution in [2.45, 2.75) is 51.6 Å². The van der Waals surface area contributed by atoms with Gasteiger partial charge >= 0.3 is 0 Å². The topological polar surface area (TPSA) is 96.0 Å². The van der Waals surface area contributed by atoms with Crippen molar-refractivity contribution in [1.29, 1.82) is 0 Å². The first-order valence-corrected chi connectivity index (χ1v) is 17.0.